The monoisotopic (exact) mass is 226 g/mol. The summed E-state index contributed by atoms with van der Waals surface area (Å²) in [6, 6.07) is 9.01. The summed E-state index contributed by atoms with van der Waals surface area (Å²) in [5.41, 5.74) is 6.98. The molecule has 1 unspecified atom stereocenters. The van der Waals surface area contributed by atoms with Crippen LogP contribution in [0.3, 0.4) is 0 Å². The first-order chi connectivity index (χ1) is 8.07. The Balaban J connectivity index is 2.06. The summed E-state index contributed by atoms with van der Waals surface area (Å²) < 4.78 is 0. The Bertz CT molecular complexity index is 471. The van der Waals surface area contributed by atoms with Crippen LogP contribution in [0.25, 0.3) is 5.57 Å². The maximum atomic E-state index is 2.40. The third kappa shape index (κ3) is 1.74. The number of hydrogen-bond donors (Lipinski definition) is 0. The van der Waals surface area contributed by atoms with Crippen molar-refractivity contribution in [3.63, 3.8) is 0 Å². The van der Waals surface area contributed by atoms with Crippen molar-refractivity contribution in [2.24, 2.45) is 11.3 Å². The van der Waals surface area contributed by atoms with Gasteiger partial charge in [0.1, 0.15) is 0 Å². The highest BCUT2D eigenvalue weighted by atomic mass is 14.4. The van der Waals surface area contributed by atoms with Crippen LogP contribution in [0.1, 0.15) is 51.2 Å². The van der Waals surface area contributed by atoms with Crippen molar-refractivity contribution in [3.05, 3.63) is 41.0 Å². The highest BCUT2D eigenvalue weighted by molar-refractivity contribution is 5.77. The highest BCUT2D eigenvalue weighted by Crippen LogP contribution is 2.49. The van der Waals surface area contributed by atoms with Gasteiger partial charge < -0.3 is 0 Å². The Morgan fingerprint density at radius 3 is 2.65 bits per heavy atom. The lowest BCUT2D eigenvalue weighted by Gasteiger charge is -2.36. The van der Waals surface area contributed by atoms with Crippen molar-refractivity contribution >= 4 is 5.57 Å². The summed E-state index contributed by atoms with van der Waals surface area (Å²) in [6.45, 7) is 7.20. The molecule has 3 rings (SSSR count). The second kappa shape index (κ2) is 3.73. The molecule has 0 radical (unpaired) electrons. The standard InChI is InChI=1S/C17H22/c1-17(2,3)16-10-6-9-14-13-8-5-4-7-12(13)11-15(14)16/h4-5,7-8,16H,6,9-11H2,1-3H3. The molecule has 0 heterocycles. The number of fused-ring (bicyclic) bond motifs is 2. The zero-order valence-corrected chi connectivity index (χ0v) is 11.2. The molecule has 1 aromatic carbocycles. The largest absolute Gasteiger partial charge is 0.0619 e. The van der Waals surface area contributed by atoms with E-state index in [4.69, 9.17) is 0 Å². The van der Waals surface area contributed by atoms with Gasteiger partial charge in [-0.2, -0.15) is 0 Å². The first kappa shape index (κ1) is 11.1. The lowest BCUT2D eigenvalue weighted by Crippen LogP contribution is -2.25. The van der Waals surface area contributed by atoms with E-state index >= 15 is 0 Å². The van der Waals surface area contributed by atoms with Gasteiger partial charge in [0.2, 0.25) is 0 Å². The molecule has 0 heteroatoms. The fraction of sp³-hybridized carbons (Fsp3) is 0.529. The van der Waals surface area contributed by atoms with Gasteiger partial charge in [-0.3, -0.25) is 0 Å². The predicted octanol–water partition coefficient (Wildman–Crippen LogP) is 4.84. The summed E-state index contributed by atoms with van der Waals surface area (Å²) in [6.07, 6.45) is 5.28. The molecule has 1 aromatic rings. The average Bonchev–Trinajstić information content (AvgIpc) is 2.65. The van der Waals surface area contributed by atoms with E-state index in [0.29, 0.717) is 5.41 Å². The van der Waals surface area contributed by atoms with Crippen molar-refractivity contribution in [1.82, 2.24) is 0 Å². The molecule has 0 fully saturated rings. The smallest absolute Gasteiger partial charge is 0.00520 e. The Labute approximate surface area is 105 Å². The van der Waals surface area contributed by atoms with Gasteiger partial charge in [-0.1, -0.05) is 50.6 Å². The lowest BCUT2D eigenvalue weighted by molar-refractivity contribution is 0.252. The average molecular weight is 226 g/mol. The zero-order valence-electron chi connectivity index (χ0n) is 11.2. The summed E-state index contributed by atoms with van der Waals surface area (Å²) in [5, 5.41) is 0. The van der Waals surface area contributed by atoms with Crippen LogP contribution < -0.4 is 0 Å². The summed E-state index contributed by atoms with van der Waals surface area (Å²) in [4.78, 5) is 0. The van der Waals surface area contributed by atoms with Crippen LogP contribution in [0.2, 0.25) is 0 Å². The normalized spacial score (nSPS) is 23.6. The highest BCUT2D eigenvalue weighted by Gasteiger charge is 2.35. The van der Waals surface area contributed by atoms with Crippen LogP contribution in [0.4, 0.5) is 0 Å². The molecule has 2 aliphatic rings. The summed E-state index contributed by atoms with van der Waals surface area (Å²) >= 11 is 0. The fourth-order valence-corrected chi connectivity index (χ4v) is 3.70. The van der Waals surface area contributed by atoms with Gasteiger partial charge in [-0.05, 0) is 53.7 Å². The zero-order chi connectivity index (χ0) is 12.0. The molecule has 2 aliphatic carbocycles. The van der Waals surface area contributed by atoms with Gasteiger partial charge in [0.15, 0.2) is 0 Å². The van der Waals surface area contributed by atoms with Crippen molar-refractivity contribution in [3.8, 4) is 0 Å². The van der Waals surface area contributed by atoms with Gasteiger partial charge in [-0.15, -0.1) is 0 Å². The van der Waals surface area contributed by atoms with E-state index in [-0.39, 0.29) is 0 Å². The number of benzene rings is 1. The van der Waals surface area contributed by atoms with Crippen molar-refractivity contribution in [2.75, 3.05) is 0 Å². The Hall–Kier alpha value is -1.04. The molecule has 0 saturated heterocycles. The molecule has 0 amide bonds. The molecule has 0 aliphatic heterocycles. The van der Waals surface area contributed by atoms with Crippen molar-refractivity contribution in [1.29, 1.82) is 0 Å². The van der Waals surface area contributed by atoms with Crippen LogP contribution in [-0.4, -0.2) is 0 Å². The summed E-state index contributed by atoms with van der Waals surface area (Å²) in [7, 11) is 0. The molecule has 17 heavy (non-hydrogen) atoms. The molecule has 0 saturated carbocycles. The SMILES string of the molecule is CC(C)(C)C1CCCC2=C1Cc1ccccc12. The molecular formula is C17H22. The van der Waals surface area contributed by atoms with Crippen LogP contribution in [0, 0.1) is 11.3 Å². The first-order valence-electron chi connectivity index (χ1n) is 6.87. The van der Waals surface area contributed by atoms with E-state index in [1.165, 1.54) is 25.7 Å². The van der Waals surface area contributed by atoms with Crippen LogP contribution in [-0.2, 0) is 6.42 Å². The molecule has 1 atom stereocenters. The Kier molecular flexibility index (Phi) is 2.43. The molecule has 0 bridgehead atoms. The predicted molar refractivity (Wildman–Crippen MR) is 73.9 cm³/mol. The van der Waals surface area contributed by atoms with Crippen molar-refractivity contribution in [2.45, 2.75) is 46.5 Å². The van der Waals surface area contributed by atoms with E-state index in [9.17, 15) is 0 Å². The van der Waals surface area contributed by atoms with E-state index in [1.807, 2.05) is 0 Å². The van der Waals surface area contributed by atoms with Crippen LogP contribution in [0.15, 0.2) is 29.8 Å². The molecular weight excluding hydrogens is 204 g/mol. The Morgan fingerprint density at radius 2 is 1.88 bits per heavy atom. The van der Waals surface area contributed by atoms with Gasteiger partial charge in [-0.25, -0.2) is 0 Å². The van der Waals surface area contributed by atoms with Crippen LogP contribution in [0.5, 0.6) is 0 Å². The Morgan fingerprint density at radius 1 is 1.12 bits per heavy atom. The quantitative estimate of drug-likeness (QED) is 0.593. The van der Waals surface area contributed by atoms with Crippen LogP contribution >= 0.6 is 0 Å². The van der Waals surface area contributed by atoms with Gasteiger partial charge in [0.25, 0.3) is 0 Å². The van der Waals surface area contributed by atoms with E-state index < -0.39 is 0 Å². The maximum Gasteiger partial charge on any atom is -0.00520 e. The minimum Gasteiger partial charge on any atom is -0.0619 e. The molecule has 90 valence electrons. The van der Waals surface area contributed by atoms with Crippen molar-refractivity contribution < 1.29 is 0 Å². The maximum absolute atomic E-state index is 2.40. The first-order valence-corrected chi connectivity index (χ1v) is 6.87. The van der Waals surface area contributed by atoms with Gasteiger partial charge >= 0.3 is 0 Å². The number of rotatable bonds is 0. The number of hydrogen-bond acceptors (Lipinski definition) is 0. The fourth-order valence-electron chi connectivity index (χ4n) is 3.70. The molecule has 0 aromatic heterocycles. The topological polar surface area (TPSA) is 0 Å². The minimum absolute atomic E-state index is 0.420. The third-order valence-electron chi connectivity index (χ3n) is 4.50. The third-order valence-corrected chi connectivity index (χ3v) is 4.50. The van der Waals surface area contributed by atoms with E-state index in [0.717, 1.165) is 5.92 Å². The van der Waals surface area contributed by atoms with Gasteiger partial charge in [0.05, 0.1) is 0 Å². The van der Waals surface area contributed by atoms with E-state index in [2.05, 4.69) is 45.0 Å². The second-order valence-corrected chi connectivity index (χ2v) is 6.65. The second-order valence-electron chi connectivity index (χ2n) is 6.65. The van der Waals surface area contributed by atoms with Gasteiger partial charge in [0, 0.05) is 0 Å². The molecule has 0 N–H and O–H groups in total. The summed E-state index contributed by atoms with van der Waals surface area (Å²) in [5.74, 6) is 0.790. The minimum atomic E-state index is 0.420. The lowest BCUT2D eigenvalue weighted by atomic mass is 9.69. The number of allylic oxidation sites excluding steroid dienone is 2. The molecule has 0 spiro atoms. The molecule has 0 nitrogen and oxygen atoms in total. The van der Waals surface area contributed by atoms with E-state index in [1.54, 1.807) is 22.3 Å².